The average Bonchev–Trinajstić information content (AvgIpc) is 2.81. The maximum absolute atomic E-state index is 10.7. The highest BCUT2D eigenvalue weighted by atomic mass is 79.9. The third kappa shape index (κ3) is 1.82. The molecule has 0 saturated heterocycles. The molecule has 0 fully saturated rings. The van der Waals surface area contributed by atoms with Crippen LogP contribution in [0.5, 0.6) is 0 Å². The van der Waals surface area contributed by atoms with Gasteiger partial charge in [-0.25, -0.2) is 0 Å². The molecule has 2 heterocycles. The number of nitrogens with zero attached hydrogens (tertiary/aromatic N) is 3. The van der Waals surface area contributed by atoms with E-state index in [0.717, 1.165) is 22.1 Å². The van der Waals surface area contributed by atoms with Gasteiger partial charge in [0.1, 0.15) is 6.29 Å². The highest BCUT2D eigenvalue weighted by Crippen LogP contribution is 2.22. The third-order valence-corrected chi connectivity index (χ3v) is 3.15. The summed E-state index contributed by atoms with van der Waals surface area (Å²) in [6.45, 7) is 0. The van der Waals surface area contributed by atoms with E-state index in [2.05, 4.69) is 26.1 Å². The van der Waals surface area contributed by atoms with Crippen LogP contribution in [0.3, 0.4) is 0 Å². The van der Waals surface area contributed by atoms with Crippen molar-refractivity contribution in [3.63, 3.8) is 0 Å². The molecule has 1 aromatic carbocycles. The minimum atomic E-state index is 0.593. The number of aromatic nitrogens is 3. The van der Waals surface area contributed by atoms with Crippen molar-refractivity contribution >= 4 is 27.9 Å². The molecule has 0 radical (unpaired) electrons. The Balaban J connectivity index is 2.21. The average molecular weight is 302 g/mol. The number of halogens is 1. The maximum atomic E-state index is 10.7. The lowest BCUT2D eigenvalue weighted by Crippen LogP contribution is -1.90. The van der Waals surface area contributed by atoms with E-state index in [1.165, 1.54) is 0 Å². The van der Waals surface area contributed by atoms with E-state index in [1.807, 2.05) is 28.7 Å². The quantitative estimate of drug-likeness (QED) is 0.684. The van der Waals surface area contributed by atoms with Gasteiger partial charge in [-0.05, 0) is 24.3 Å². The summed E-state index contributed by atoms with van der Waals surface area (Å²) in [4.78, 5) is 10.7. The minimum absolute atomic E-state index is 0.593. The van der Waals surface area contributed by atoms with Gasteiger partial charge in [0.25, 0.3) is 0 Å². The van der Waals surface area contributed by atoms with Crippen LogP contribution in [0, 0.1) is 0 Å². The molecule has 0 aliphatic carbocycles. The molecule has 0 aliphatic rings. The minimum Gasteiger partial charge on any atom is -0.298 e. The molecular weight excluding hydrogens is 294 g/mol. The number of fused-ring (bicyclic) bond motifs is 1. The summed E-state index contributed by atoms with van der Waals surface area (Å²) >= 11 is 3.43. The monoisotopic (exact) mass is 301 g/mol. The van der Waals surface area contributed by atoms with Gasteiger partial charge in [0.2, 0.25) is 0 Å². The number of hydrogen-bond donors (Lipinski definition) is 0. The SMILES string of the molecule is O=Cc1ccn2c(-c3cccc(Br)c3)nnc2c1. The molecule has 3 aromatic rings. The van der Waals surface area contributed by atoms with Gasteiger partial charge in [-0.3, -0.25) is 9.20 Å². The summed E-state index contributed by atoms with van der Waals surface area (Å²) < 4.78 is 2.84. The Morgan fingerprint density at radius 3 is 2.83 bits per heavy atom. The Labute approximate surface area is 111 Å². The van der Waals surface area contributed by atoms with Crippen LogP contribution in [0.4, 0.5) is 0 Å². The number of pyridine rings is 1. The van der Waals surface area contributed by atoms with Gasteiger partial charge in [-0.15, -0.1) is 10.2 Å². The molecule has 0 spiro atoms. The first-order valence-electron chi connectivity index (χ1n) is 5.34. The van der Waals surface area contributed by atoms with Gasteiger partial charge >= 0.3 is 0 Å². The van der Waals surface area contributed by atoms with Crippen molar-refractivity contribution in [2.24, 2.45) is 0 Å². The standard InChI is InChI=1S/C13H8BrN3O/c14-11-3-1-2-10(7-11)13-16-15-12-6-9(8-18)4-5-17(12)13/h1-8H. The molecular formula is C13H8BrN3O. The molecule has 0 saturated carbocycles. The lowest BCUT2D eigenvalue weighted by Gasteiger charge is -2.00. The number of benzene rings is 1. The Morgan fingerprint density at radius 2 is 2.06 bits per heavy atom. The number of hydrogen-bond acceptors (Lipinski definition) is 3. The second kappa shape index (κ2) is 4.34. The van der Waals surface area contributed by atoms with Gasteiger partial charge in [-0.1, -0.05) is 28.1 Å². The Kier molecular flexibility index (Phi) is 2.68. The van der Waals surface area contributed by atoms with Crippen LogP contribution in [0.15, 0.2) is 47.1 Å². The van der Waals surface area contributed by atoms with Crippen LogP contribution in [0.25, 0.3) is 17.0 Å². The summed E-state index contributed by atoms with van der Waals surface area (Å²) in [5.41, 5.74) is 2.22. The van der Waals surface area contributed by atoms with Crippen molar-refractivity contribution in [3.8, 4) is 11.4 Å². The molecule has 0 atom stereocenters. The number of aldehydes is 1. The maximum Gasteiger partial charge on any atom is 0.168 e. The zero-order chi connectivity index (χ0) is 12.5. The van der Waals surface area contributed by atoms with Gasteiger partial charge in [0.05, 0.1) is 0 Å². The summed E-state index contributed by atoms with van der Waals surface area (Å²) in [6, 6.07) is 11.3. The van der Waals surface area contributed by atoms with Crippen molar-refractivity contribution in [1.82, 2.24) is 14.6 Å². The molecule has 88 valence electrons. The van der Waals surface area contributed by atoms with E-state index < -0.39 is 0 Å². The highest BCUT2D eigenvalue weighted by molar-refractivity contribution is 9.10. The molecule has 3 rings (SSSR count). The van der Waals surface area contributed by atoms with E-state index in [0.29, 0.717) is 11.2 Å². The van der Waals surface area contributed by atoms with Crippen molar-refractivity contribution in [2.75, 3.05) is 0 Å². The largest absolute Gasteiger partial charge is 0.298 e. The van der Waals surface area contributed by atoms with Crippen molar-refractivity contribution in [2.45, 2.75) is 0 Å². The summed E-state index contributed by atoms with van der Waals surface area (Å²) in [5.74, 6) is 0.753. The van der Waals surface area contributed by atoms with Crippen LogP contribution in [-0.4, -0.2) is 20.9 Å². The van der Waals surface area contributed by atoms with E-state index in [9.17, 15) is 4.79 Å². The lowest BCUT2D eigenvalue weighted by atomic mass is 10.2. The molecule has 0 N–H and O–H groups in total. The molecule has 18 heavy (non-hydrogen) atoms. The first kappa shape index (κ1) is 11.1. The second-order valence-corrected chi connectivity index (χ2v) is 4.76. The Bertz CT molecular complexity index is 736. The lowest BCUT2D eigenvalue weighted by molar-refractivity contribution is 0.112. The molecule has 5 heteroatoms. The van der Waals surface area contributed by atoms with Crippen LogP contribution < -0.4 is 0 Å². The van der Waals surface area contributed by atoms with Crippen LogP contribution in [0.2, 0.25) is 0 Å². The second-order valence-electron chi connectivity index (χ2n) is 3.84. The fourth-order valence-electron chi connectivity index (χ4n) is 1.80. The van der Waals surface area contributed by atoms with Crippen molar-refractivity contribution in [1.29, 1.82) is 0 Å². The van der Waals surface area contributed by atoms with Gasteiger partial charge in [0.15, 0.2) is 11.5 Å². The molecule has 0 bridgehead atoms. The molecule has 0 unspecified atom stereocenters. The normalized spacial score (nSPS) is 10.7. The summed E-state index contributed by atoms with van der Waals surface area (Å²) in [7, 11) is 0. The molecule has 4 nitrogen and oxygen atoms in total. The van der Waals surface area contributed by atoms with Crippen LogP contribution >= 0.6 is 15.9 Å². The predicted molar refractivity (Wildman–Crippen MR) is 71.5 cm³/mol. The fourth-order valence-corrected chi connectivity index (χ4v) is 2.20. The smallest absolute Gasteiger partial charge is 0.168 e. The van der Waals surface area contributed by atoms with Gasteiger partial charge in [-0.2, -0.15) is 0 Å². The Hall–Kier alpha value is -2.01. The van der Waals surface area contributed by atoms with Gasteiger partial charge in [0, 0.05) is 21.8 Å². The predicted octanol–water partition coefficient (Wildman–Crippen LogP) is 2.97. The topological polar surface area (TPSA) is 47.3 Å². The summed E-state index contributed by atoms with van der Waals surface area (Å²) in [5, 5.41) is 8.23. The van der Waals surface area contributed by atoms with E-state index in [4.69, 9.17) is 0 Å². The van der Waals surface area contributed by atoms with Crippen molar-refractivity contribution < 1.29 is 4.79 Å². The molecule has 2 aromatic heterocycles. The number of rotatable bonds is 2. The molecule has 0 amide bonds. The first-order valence-corrected chi connectivity index (χ1v) is 6.13. The first-order chi connectivity index (χ1) is 8.78. The summed E-state index contributed by atoms with van der Waals surface area (Å²) in [6.07, 6.45) is 2.60. The third-order valence-electron chi connectivity index (χ3n) is 2.65. The zero-order valence-corrected chi connectivity index (χ0v) is 10.8. The van der Waals surface area contributed by atoms with E-state index >= 15 is 0 Å². The van der Waals surface area contributed by atoms with Crippen LogP contribution in [0.1, 0.15) is 10.4 Å². The van der Waals surface area contributed by atoms with E-state index in [1.54, 1.807) is 18.3 Å². The Morgan fingerprint density at radius 1 is 1.17 bits per heavy atom. The molecule has 0 aliphatic heterocycles. The number of carbonyl (C=O) groups is 1. The van der Waals surface area contributed by atoms with Crippen molar-refractivity contribution in [3.05, 3.63) is 52.6 Å². The zero-order valence-electron chi connectivity index (χ0n) is 9.25. The number of carbonyl (C=O) groups excluding carboxylic acids is 1. The van der Waals surface area contributed by atoms with Crippen LogP contribution in [-0.2, 0) is 0 Å². The van der Waals surface area contributed by atoms with E-state index in [-0.39, 0.29) is 0 Å². The fraction of sp³-hybridized carbons (Fsp3) is 0. The van der Waals surface area contributed by atoms with Gasteiger partial charge < -0.3 is 0 Å². The highest BCUT2D eigenvalue weighted by Gasteiger charge is 2.08.